The van der Waals surface area contributed by atoms with E-state index in [2.05, 4.69) is 37.7 Å². The Morgan fingerprint density at radius 1 is 1.07 bits per heavy atom. The molecule has 27 heavy (non-hydrogen) atoms. The summed E-state index contributed by atoms with van der Waals surface area (Å²) in [5, 5.41) is 11.8. The molecule has 0 fully saturated rings. The van der Waals surface area contributed by atoms with Crippen LogP contribution in [-0.2, 0) is 0 Å². The molecular formula is C20H28N4O3. The maximum atomic E-state index is 11.8. The SMILES string of the molecule is Cc1ccc(Oc2ncnc(N(CC(C)C)CC(C)C)c2[N+](=O)[O-])cc1C. The normalized spacial score (nSPS) is 11.1. The minimum absolute atomic E-state index is 0.0363. The average molecular weight is 372 g/mol. The van der Waals surface area contributed by atoms with Crippen LogP contribution in [0.5, 0.6) is 11.6 Å². The summed E-state index contributed by atoms with van der Waals surface area (Å²) < 4.78 is 5.79. The number of nitro groups is 1. The Bertz CT molecular complexity index is 796. The van der Waals surface area contributed by atoms with E-state index in [0.29, 0.717) is 36.5 Å². The van der Waals surface area contributed by atoms with E-state index >= 15 is 0 Å². The molecule has 1 aromatic carbocycles. The maximum Gasteiger partial charge on any atom is 0.373 e. The zero-order valence-electron chi connectivity index (χ0n) is 16.9. The summed E-state index contributed by atoms with van der Waals surface area (Å²) in [6.07, 6.45) is 1.33. The molecule has 0 N–H and O–H groups in total. The molecule has 1 heterocycles. The smallest absolute Gasteiger partial charge is 0.373 e. The molecule has 2 aromatic rings. The van der Waals surface area contributed by atoms with Crippen molar-refractivity contribution in [2.24, 2.45) is 11.8 Å². The number of ether oxygens (including phenoxy) is 1. The van der Waals surface area contributed by atoms with Gasteiger partial charge in [0.1, 0.15) is 12.1 Å². The monoisotopic (exact) mass is 372 g/mol. The highest BCUT2D eigenvalue weighted by atomic mass is 16.6. The van der Waals surface area contributed by atoms with Crippen LogP contribution in [0.1, 0.15) is 38.8 Å². The highest BCUT2D eigenvalue weighted by Gasteiger charge is 2.29. The van der Waals surface area contributed by atoms with Gasteiger partial charge in [-0.15, -0.1) is 0 Å². The van der Waals surface area contributed by atoms with E-state index in [1.54, 1.807) is 6.07 Å². The van der Waals surface area contributed by atoms with Crippen LogP contribution in [0, 0.1) is 35.8 Å². The molecule has 7 nitrogen and oxygen atoms in total. The largest absolute Gasteiger partial charge is 0.434 e. The number of hydrogen-bond donors (Lipinski definition) is 0. The first kappa shape index (κ1) is 20.6. The molecule has 0 aliphatic rings. The minimum atomic E-state index is -0.459. The number of aromatic nitrogens is 2. The van der Waals surface area contributed by atoms with Crippen LogP contribution in [0.3, 0.4) is 0 Å². The van der Waals surface area contributed by atoms with E-state index in [9.17, 15) is 10.1 Å². The molecular weight excluding hydrogens is 344 g/mol. The van der Waals surface area contributed by atoms with Crippen LogP contribution in [0.4, 0.5) is 11.5 Å². The molecule has 0 bridgehead atoms. The van der Waals surface area contributed by atoms with Crippen LogP contribution >= 0.6 is 0 Å². The molecule has 0 unspecified atom stereocenters. The fourth-order valence-corrected chi connectivity index (χ4v) is 2.84. The molecule has 0 radical (unpaired) electrons. The van der Waals surface area contributed by atoms with Crippen molar-refractivity contribution < 1.29 is 9.66 Å². The molecule has 0 amide bonds. The van der Waals surface area contributed by atoms with Gasteiger partial charge in [0.2, 0.25) is 5.82 Å². The average Bonchev–Trinajstić information content (AvgIpc) is 2.56. The second-order valence-electron chi connectivity index (χ2n) is 7.65. The first-order valence-corrected chi connectivity index (χ1v) is 9.18. The Hall–Kier alpha value is -2.70. The molecule has 0 aliphatic carbocycles. The van der Waals surface area contributed by atoms with Crippen molar-refractivity contribution in [2.75, 3.05) is 18.0 Å². The molecule has 0 spiro atoms. The lowest BCUT2D eigenvalue weighted by atomic mass is 10.1. The van der Waals surface area contributed by atoms with Gasteiger partial charge in [-0.1, -0.05) is 33.8 Å². The second kappa shape index (κ2) is 8.79. The van der Waals surface area contributed by atoms with Crippen LogP contribution in [-0.4, -0.2) is 28.0 Å². The van der Waals surface area contributed by atoms with Crippen molar-refractivity contribution in [3.05, 3.63) is 45.8 Å². The Balaban J connectivity index is 2.48. The molecule has 1 aromatic heterocycles. The van der Waals surface area contributed by atoms with Crippen molar-refractivity contribution in [3.8, 4) is 11.6 Å². The summed E-state index contributed by atoms with van der Waals surface area (Å²) in [4.78, 5) is 21.6. The summed E-state index contributed by atoms with van der Waals surface area (Å²) in [6, 6.07) is 5.55. The number of benzene rings is 1. The fraction of sp³-hybridized carbons (Fsp3) is 0.500. The van der Waals surface area contributed by atoms with Gasteiger partial charge in [-0.2, -0.15) is 4.98 Å². The molecule has 0 saturated heterocycles. The highest BCUT2D eigenvalue weighted by Crippen LogP contribution is 2.36. The predicted octanol–water partition coefficient (Wildman–Crippen LogP) is 4.91. The van der Waals surface area contributed by atoms with Gasteiger partial charge in [-0.3, -0.25) is 10.1 Å². The molecule has 0 saturated carbocycles. The summed E-state index contributed by atoms with van der Waals surface area (Å²) in [7, 11) is 0. The van der Waals surface area contributed by atoms with E-state index in [0.717, 1.165) is 11.1 Å². The number of rotatable bonds is 8. The maximum absolute atomic E-state index is 11.8. The minimum Gasteiger partial charge on any atom is -0.434 e. The lowest BCUT2D eigenvalue weighted by Crippen LogP contribution is -2.32. The van der Waals surface area contributed by atoms with Gasteiger partial charge in [0, 0.05) is 13.1 Å². The number of aryl methyl sites for hydroxylation is 2. The Labute approximate surface area is 160 Å². The summed E-state index contributed by atoms with van der Waals surface area (Å²) in [6.45, 7) is 13.6. The number of nitrogens with zero attached hydrogens (tertiary/aromatic N) is 4. The lowest BCUT2D eigenvalue weighted by Gasteiger charge is -2.27. The van der Waals surface area contributed by atoms with Crippen molar-refractivity contribution in [2.45, 2.75) is 41.5 Å². The van der Waals surface area contributed by atoms with Crippen LogP contribution in [0.15, 0.2) is 24.5 Å². The predicted molar refractivity (Wildman–Crippen MR) is 107 cm³/mol. The zero-order chi connectivity index (χ0) is 20.1. The van der Waals surface area contributed by atoms with Crippen LogP contribution in [0.2, 0.25) is 0 Å². The lowest BCUT2D eigenvalue weighted by molar-refractivity contribution is -0.385. The Morgan fingerprint density at radius 3 is 2.22 bits per heavy atom. The highest BCUT2D eigenvalue weighted by molar-refractivity contribution is 5.63. The van der Waals surface area contributed by atoms with Gasteiger partial charge in [0.15, 0.2) is 0 Å². The third-order valence-electron chi connectivity index (χ3n) is 4.12. The first-order valence-electron chi connectivity index (χ1n) is 9.18. The van der Waals surface area contributed by atoms with Crippen LogP contribution in [0.25, 0.3) is 0 Å². The van der Waals surface area contributed by atoms with E-state index in [1.807, 2.05) is 30.9 Å². The van der Waals surface area contributed by atoms with Gasteiger partial charge in [0.25, 0.3) is 0 Å². The Kier molecular flexibility index (Phi) is 6.71. The number of anilines is 1. The van der Waals surface area contributed by atoms with Crippen molar-refractivity contribution in [3.63, 3.8) is 0 Å². The van der Waals surface area contributed by atoms with Gasteiger partial charge < -0.3 is 9.64 Å². The van der Waals surface area contributed by atoms with Gasteiger partial charge in [-0.05, 0) is 48.9 Å². The fourth-order valence-electron chi connectivity index (χ4n) is 2.84. The molecule has 7 heteroatoms. The van der Waals surface area contributed by atoms with E-state index in [-0.39, 0.29) is 11.6 Å². The van der Waals surface area contributed by atoms with Gasteiger partial charge in [-0.25, -0.2) is 4.98 Å². The summed E-state index contributed by atoms with van der Waals surface area (Å²) >= 11 is 0. The van der Waals surface area contributed by atoms with Crippen molar-refractivity contribution >= 4 is 11.5 Å². The topological polar surface area (TPSA) is 81.4 Å². The summed E-state index contributed by atoms with van der Waals surface area (Å²) in [5.74, 6) is 1.46. The standard InChI is InChI=1S/C20H28N4O3/c1-13(2)10-23(11-14(3)4)19-18(24(25)26)20(22-12-21-19)27-17-8-7-15(5)16(6)9-17/h7-9,12-14H,10-11H2,1-6H3. The first-order chi connectivity index (χ1) is 12.7. The third-order valence-corrected chi connectivity index (χ3v) is 4.12. The Morgan fingerprint density at radius 2 is 1.70 bits per heavy atom. The second-order valence-corrected chi connectivity index (χ2v) is 7.65. The molecule has 146 valence electrons. The summed E-state index contributed by atoms with van der Waals surface area (Å²) in [5.41, 5.74) is 1.97. The van der Waals surface area contributed by atoms with Crippen molar-refractivity contribution in [1.82, 2.24) is 9.97 Å². The number of hydrogen-bond acceptors (Lipinski definition) is 6. The molecule has 0 atom stereocenters. The quantitative estimate of drug-likeness (QED) is 0.483. The molecule has 0 aliphatic heterocycles. The van der Waals surface area contributed by atoms with E-state index < -0.39 is 4.92 Å². The van der Waals surface area contributed by atoms with Gasteiger partial charge in [0.05, 0.1) is 4.92 Å². The van der Waals surface area contributed by atoms with Crippen LogP contribution < -0.4 is 9.64 Å². The molecule has 2 rings (SSSR count). The van der Waals surface area contributed by atoms with E-state index in [1.165, 1.54) is 6.33 Å². The van der Waals surface area contributed by atoms with E-state index in [4.69, 9.17) is 4.74 Å². The van der Waals surface area contributed by atoms with Gasteiger partial charge >= 0.3 is 11.6 Å². The van der Waals surface area contributed by atoms with Crippen molar-refractivity contribution in [1.29, 1.82) is 0 Å². The zero-order valence-corrected chi connectivity index (χ0v) is 16.9. The third kappa shape index (κ3) is 5.39.